The van der Waals surface area contributed by atoms with Crippen molar-refractivity contribution in [1.29, 1.82) is 0 Å². The zero-order chi connectivity index (χ0) is 9.68. The highest BCUT2D eigenvalue weighted by Crippen LogP contribution is 2.20. The van der Waals surface area contributed by atoms with E-state index in [2.05, 4.69) is 23.8 Å². The van der Waals surface area contributed by atoms with Crippen LogP contribution in [0.25, 0.3) is 0 Å². The third kappa shape index (κ3) is 3.11. The molecule has 72 valence electrons. The second-order valence-electron chi connectivity index (χ2n) is 3.40. The van der Waals surface area contributed by atoms with Gasteiger partial charge in [-0.15, -0.1) is 0 Å². The van der Waals surface area contributed by atoms with E-state index in [1.807, 2.05) is 0 Å². The van der Waals surface area contributed by atoms with Gasteiger partial charge in [-0.05, 0) is 12.3 Å². The van der Waals surface area contributed by atoms with Crippen LogP contribution < -0.4 is 0 Å². The number of hydrogen-bond donors (Lipinski definition) is 1. The van der Waals surface area contributed by atoms with Gasteiger partial charge in [0.2, 0.25) is 0 Å². The average molecular weight is 180 g/mol. The van der Waals surface area contributed by atoms with Crippen LogP contribution in [0, 0.1) is 5.92 Å². The van der Waals surface area contributed by atoms with Crippen molar-refractivity contribution in [3.05, 3.63) is 24.3 Å². The Bertz CT molecular complexity index is 238. The van der Waals surface area contributed by atoms with Gasteiger partial charge >= 0.3 is 0 Å². The van der Waals surface area contributed by atoms with Gasteiger partial charge in [0.05, 0.1) is 18.0 Å². The number of nitrogens with zero attached hydrogens (tertiary/aromatic N) is 2. The minimum Gasteiger partial charge on any atom is -0.387 e. The van der Waals surface area contributed by atoms with Crippen molar-refractivity contribution < 1.29 is 5.11 Å². The van der Waals surface area contributed by atoms with Crippen LogP contribution in [-0.2, 0) is 0 Å². The fourth-order valence-electron chi connectivity index (χ4n) is 1.15. The van der Waals surface area contributed by atoms with Gasteiger partial charge in [-0.1, -0.05) is 20.3 Å². The van der Waals surface area contributed by atoms with E-state index in [0.29, 0.717) is 11.6 Å². The van der Waals surface area contributed by atoms with E-state index in [4.69, 9.17) is 0 Å². The Kier molecular flexibility index (Phi) is 3.83. The molecule has 1 rings (SSSR count). The minimum absolute atomic E-state index is 0.469. The average Bonchev–Trinajstić information content (AvgIpc) is 2.19. The second-order valence-corrected chi connectivity index (χ2v) is 3.40. The van der Waals surface area contributed by atoms with Crippen LogP contribution in [0.2, 0.25) is 0 Å². The second kappa shape index (κ2) is 4.92. The molecule has 1 N–H and O–H groups in total. The molecular formula is C10H16N2O. The normalized spacial score (nSPS) is 15.3. The largest absolute Gasteiger partial charge is 0.387 e. The Labute approximate surface area is 78.9 Å². The molecule has 0 spiro atoms. The van der Waals surface area contributed by atoms with Gasteiger partial charge < -0.3 is 5.11 Å². The van der Waals surface area contributed by atoms with Crippen LogP contribution in [0.15, 0.2) is 18.6 Å². The van der Waals surface area contributed by atoms with Gasteiger partial charge in [0.1, 0.15) is 0 Å². The molecule has 3 heteroatoms. The van der Waals surface area contributed by atoms with Crippen molar-refractivity contribution >= 4 is 0 Å². The monoisotopic (exact) mass is 180 g/mol. The Morgan fingerprint density at radius 3 is 2.77 bits per heavy atom. The highest BCUT2D eigenvalue weighted by Gasteiger charge is 2.11. The topological polar surface area (TPSA) is 46.0 Å². The fraction of sp³-hybridized carbons (Fsp3) is 0.600. The van der Waals surface area contributed by atoms with Crippen molar-refractivity contribution in [3.8, 4) is 0 Å². The third-order valence-corrected chi connectivity index (χ3v) is 2.25. The quantitative estimate of drug-likeness (QED) is 0.770. The third-order valence-electron chi connectivity index (χ3n) is 2.25. The lowest BCUT2D eigenvalue weighted by Crippen LogP contribution is -2.05. The van der Waals surface area contributed by atoms with Crippen LogP contribution in [0.1, 0.15) is 38.5 Å². The van der Waals surface area contributed by atoms with Crippen LogP contribution >= 0.6 is 0 Å². The first-order valence-electron chi connectivity index (χ1n) is 4.68. The molecule has 1 aromatic heterocycles. The molecule has 0 radical (unpaired) electrons. The summed E-state index contributed by atoms with van der Waals surface area (Å²) in [7, 11) is 0. The Balaban J connectivity index is 2.53. The molecule has 1 heterocycles. The highest BCUT2D eigenvalue weighted by molar-refractivity contribution is 4.98. The highest BCUT2D eigenvalue weighted by atomic mass is 16.3. The zero-order valence-corrected chi connectivity index (χ0v) is 8.14. The lowest BCUT2D eigenvalue weighted by Gasteiger charge is -2.13. The van der Waals surface area contributed by atoms with Crippen LogP contribution in [0.3, 0.4) is 0 Å². The Morgan fingerprint density at radius 2 is 2.23 bits per heavy atom. The van der Waals surface area contributed by atoms with E-state index in [1.54, 1.807) is 18.6 Å². The molecule has 3 nitrogen and oxygen atoms in total. The molecule has 0 amide bonds. The fourth-order valence-corrected chi connectivity index (χ4v) is 1.15. The van der Waals surface area contributed by atoms with Crippen LogP contribution in [0.4, 0.5) is 0 Å². The van der Waals surface area contributed by atoms with Crippen molar-refractivity contribution in [1.82, 2.24) is 9.97 Å². The smallest absolute Gasteiger partial charge is 0.0977 e. The molecule has 0 saturated carbocycles. The number of aliphatic hydroxyl groups is 1. The summed E-state index contributed by atoms with van der Waals surface area (Å²) in [5, 5.41) is 9.72. The summed E-state index contributed by atoms with van der Waals surface area (Å²) in [5.41, 5.74) is 0.669. The summed E-state index contributed by atoms with van der Waals surface area (Å²) >= 11 is 0. The maximum absolute atomic E-state index is 9.72. The van der Waals surface area contributed by atoms with Crippen molar-refractivity contribution in [2.24, 2.45) is 5.92 Å². The van der Waals surface area contributed by atoms with E-state index in [0.717, 1.165) is 12.8 Å². The molecule has 0 aromatic carbocycles. The Hall–Kier alpha value is -0.960. The van der Waals surface area contributed by atoms with Crippen molar-refractivity contribution in [2.45, 2.75) is 32.8 Å². The molecule has 0 saturated heterocycles. The zero-order valence-electron chi connectivity index (χ0n) is 8.14. The molecular weight excluding hydrogens is 164 g/mol. The maximum Gasteiger partial charge on any atom is 0.0977 e. The van der Waals surface area contributed by atoms with Gasteiger partial charge in [0.15, 0.2) is 0 Å². The van der Waals surface area contributed by atoms with Crippen LogP contribution in [-0.4, -0.2) is 15.1 Å². The molecule has 13 heavy (non-hydrogen) atoms. The summed E-state index contributed by atoms with van der Waals surface area (Å²) in [5.74, 6) is 0.525. The van der Waals surface area contributed by atoms with E-state index >= 15 is 0 Å². The number of hydrogen-bond acceptors (Lipinski definition) is 3. The number of aromatic nitrogens is 2. The van der Waals surface area contributed by atoms with E-state index in [1.165, 1.54) is 0 Å². The predicted molar refractivity (Wildman–Crippen MR) is 51.1 cm³/mol. The lowest BCUT2D eigenvalue weighted by molar-refractivity contribution is 0.141. The molecule has 1 aromatic rings. The Morgan fingerprint density at radius 1 is 1.46 bits per heavy atom. The summed E-state index contributed by atoms with van der Waals surface area (Å²) in [6.07, 6.45) is 6.21. The van der Waals surface area contributed by atoms with Gasteiger partial charge in [0, 0.05) is 12.4 Å². The number of rotatable bonds is 4. The van der Waals surface area contributed by atoms with Crippen molar-refractivity contribution in [2.75, 3.05) is 0 Å². The van der Waals surface area contributed by atoms with E-state index < -0.39 is 6.10 Å². The number of aliphatic hydroxyl groups excluding tert-OH is 1. The molecule has 0 aliphatic rings. The predicted octanol–water partition coefficient (Wildman–Crippen LogP) is 1.95. The van der Waals surface area contributed by atoms with Crippen molar-refractivity contribution in [3.63, 3.8) is 0 Å². The summed E-state index contributed by atoms with van der Waals surface area (Å²) in [4.78, 5) is 7.97. The summed E-state index contributed by atoms with van der Waals surface area (Å²) in [6.45, 7) is 4.24. The molecule has 0 bridgehead atoms. The standard InChI is InChI=1S/C10H16N2O/c1-3-8(2)6-10(13)9-7-11-4-5-12-9/h4-5,7-8,10,13H,3,6H2,1-2H3. The molecule has 2 atom stereocenters. The first-order valence-corrected chi connectivity index (χ1v) is 4.68. The van der Waals surface area contributed by atoms with E-state index in [-0.39, 0.29) is 0 Å². The summed E-state index contributed by atoms with van der Waals surface area (Å²) in [6, 6.07) is 0. The molecule has 0 aliphatic carbocycles. The minimum atomic E-state index is -0.469. The lowest BCUT2D eigenvalue weighted by atomic mass is 10.00. The molecule has 0 aliphatic heterocycles. The maximum atomic E-state index is 9.72. The van der Waals surface area contributed by atoms with Crippen LogP contribution in [0.5, 0.6) is 0 Å². The van der Waals surface area contributed by atoms with E-state index in [9.17, 15) is 5.11 Å². The molecule has 2 unspecified atom stereocenters. The first-order chi connectivity index (χ1) is 6.24. The van der Waals surface area contributed by atoms with Gasteiger partial charge in [-0.2, -0.15) is 0 Å². The van der Waals surface area contributed by atoms with Gasteiger partial charge in [-0.3, -0.25) is 9.97 Å². The summed E-state index contributed by atoms with van der Waals surface area (Å²) < 4.78 is 0. The van der Waals surface area contributed by atoms with Gasteiger partial charge in [0.25, 0.3) is 0 Å². The first kappa shape index (κ1) is 10.1. The van der Waals surface area contributed by atoms with Gasteiger partial charge in [-0.25, -0.2) is 0 Å². The molecule has 0 fully saturated rings. The SMILES string of the molecule is CCC(C)CC(O)c1cnccn1.